The van der Waals surface area contributed by atoms with Gasteiger partial charge in [-0.05, 0) is 38.1 Å². The molecule has 2 aromatic rings. The maximum absolute atomic E-state index is 11.8. The van der Waals surface area contributed by atoms with Crippen molar-refractivity contribution >= 4 is 29.1 Å². The molecule has 0 aliphatic heterocycles. The number of carbonyl (C=O) groups excluding carboxylic acids is 1. The van der Waals surface area contributed by atoms with Gasteiger partial charge in [-0.3, -0.25) is 0 Å². The number of nitrogens with two attached hydrogens (primary N) is 1. The van der Waals surface area contributed by atoms with E-state index in [-0.39, 0.29) is 11.8 Å². The van der Waals surface area contributed by atoms with Gasteiger partial charge in [-0.2, -0.15) is 5.10 Å². The number of carbonyl (C=O) groups is 1. The van der Waals surface area contributed by atoms with Gasteiger partial charge in [-0.25, -0.2) is 14.5 Å². The number of aliphatic imine (C=N–C) groups is 1. The van der Waals surface area contributed by atoms with Crippen LogP contribution in [0, 0.1) is 6.92 Å². The number of amidine groups is 1. The summed E-state index contributed by atoms with van der Waals surface area (Å²) in [5.74, 6) is 0.166. The van der Waals surface area contributed by atoms with E-state index in [1.165, 1.54) is 6.20 Å². The molecule has 22 heavy (non-hydrogen) atoms. The molecule has 0 saturated heterocycles. The first-order valence-corrected chi connectivity index (χ1v) is 7.31. The van der Waals surface area contributed by atoms with Crippen molar-refractivity contribution in [2.24, 2.45) is 10.7 Å². The summed E-state index contributed by atoms with van der Waals surface area (Å²) in [7, 11) is 0. The van der Waals surface area contributed by atoms with Crippen LogP contribution in [-0.4, -0.2) is 34.1 Å². The number of benzene rings is 1. The molecule has 0 saturated carbocycles. The largest absolute Gasteiger partial charge is 0.462 e. The van der Waals surface area contributed by atoms with Crippen LogP contribution in [0.15, 0.2) is 35.5 Å². The number of ether oxygens (including phenoxy) is 1. The highest BCUT2D eigenvalue weighted by Crippen LogP contribution is 2.19. The topological polar surface area (TPSA) is 82.5 Å². The van der Waals surface area contributed by atoms with Crippen LogP contribution >= 0.6 is 11.6 Å². The van der Waals surface area contributed by atoms with Crippen LogP contribution in [0.5, 0.6) is 0 Å². The second-order valence-corrected chi connectivity index (χ2v) is 4.80. The first-order chi connectivity index (χ1) is 10.6. The lowest BCUT2D eigenvalue weighted by molar-refractivity contribution is 0.0525. The Bertz CT molecular complexity index is 692. The number of halogens is 1. The molecular formula is C15H17ClN4O2. The zero-order valence-corrected chi connectivity index (χ0v) is 13.2. The van der Waals surface area contributed by atoms with E-state index in [0.29, 0.717) is 23.7 Å². The molecule has 0 fully saturated rings. The van der Waals surface area contributed by atoms with Crippen LogP contribution in [-0.2, 0) is 4.74 Å². The minimum absolute atomic E-state index is 0.183. The Labute approximate surface area is 133 Å². The first kappa shape index (κ1) is 16.0. The molecule has 0 bridgehead atoms. The van der Waals surface area contributed by atoms with Crippen molar-refractivity contribution in [2.75, 3.05) is 12.5 Å². The summed E-state index contributed by atoms with van der Waals surface area (Å²) in [4.78, 5) is 16.0. The number of aromatic nitrogens is 2. The standard InChI is InChI=1S/C15H17ClN4O2/c1-3-22-15(21)13-9-18-20(10(13)2)12-6-4-11(5-7-12)19-14(17)8-16/h4-7,9H,3,8H2,1-2H3,(H2,17,19). The summed E-state index contributed by atoms with van der Waals surface area (Å²) < 4.78 is 6.67. The SMILES string of the molecule is CCOC(=O)c1cnn(-c2ccc(N=C(N)CCl)cc2)c1C. The van der Waals surface area contributed by atoms with E-state index in [0.717, 1.165) is 11.4 Å². The zero-order valence-electron chi connectivity index (χ0n) is 12.4. The van der Waals surface area contributed by atoms with Gasteiger partial charge in [0.1, 0.15) is 11.4 Å². The lowest BCUT2D eigenvalue weighted by Gasteiger charge is -2.06. The van der Waals surface area contributed by atoms with Crippen LogP contribution in [0.2, 0.25) is 0 Å². The van der Waals surface area contributed by atoms with Crippen LogP contribution < -0.4 is 5.73 Å². The van der Waals surface area contributed by atoms with Crippen molar-refractivity contribution < 1.29 is 9.53 Å². The van der Waals surface area contributed by atoms with Crippen molar-refractivity contribution in [3.63, 3.8) is 0 Å². The Morgan fingerprint density at radius 3 is 2.68 bits per heavy atom. The number of nitrogens with zero attached hydrogens (tertiary/aromatic N) is 3. The van der Waals surface area contributed by atoms with Crippen molar-refractivity contribution in [1.29, 1.82) is 0 Å². The Hall–Kier alpha value is -2.34. The third kappa shape index (κ3) is 3.46. The van der Waals surface area contributed by atoms with E-state index in [1.807, 2.05) is 19.1 Å². The van der Waals surface area contributed by atoms with Crippen LogP contribution in [0.25, 0.3) is 5.69 Å². The summed E-state index contributed by atoms with van der Waals surface area (Å²) >= 11 is 5.59. The van der Waals surface area contributed by atoms with Gasteiger partial charge in [-0.15, -0.1) is 11.6 Å². The van der Waals surface area contributed by atoms with Gasteiger partial charge in [0.25, 0.3) is 0 Å². The number of hydrogen-bond donors (Lipinski definition) is 1. The van der Waals surface area contributed by atoms with Crippen LogP contribution in [0.3, 0.4) is 0 Å². The summed E-state index contributed by atoms with van der Waals surface area (Å²) in [6, 6.07) is 7.30. The molecule has 7 heteroatoms. The fourth-order valence-electron chi connectivity index (χ4n) is 1.94. The summed E-state index contributed by atoms with van der Waals surface area (Å²) in [5.41, 5.74) is 8.29. The first-order valence-electron chi connectivity index (χ1n) is 6.78. The average molecular weight is 321 g/mol. The average Bonchev–Trinajstić information content (AvgIpc) is 2.90. The Morgan fingerprint density at radius 2 is 2.09 bits per heavy atom. The molecule has 0 unspecified atom stereocenters. The molecular weight excluding hydrogens is 304 g/mol. The van der Waals surface area contributed by atoms with E-state index >= 15 is 0 Å². The molecule has 1 heterocycles. The highest BCUT2D eigenvalue weighted by Gasteiger charge is 2.15. The number of hydrogen-bond acceptors (Lipinski definition) is 4. The molecule has 116 valence electrons. The van der Waals surface area contributed by atoms with Gasteiger partial charge >= 0.3 is 5.97 Å². The monoisotopic (exact) mass is 320 g/mol. The van der Waals surface area contributed by atoms with Crippen LogP contribution in [0.1, 0.15) is 23.0 Å². The molecule has 2 rings (SSSR count). The molecule has 2 N–H and O–H groups in total. The second kappa shape index (κ2) is 7.09. The highest BCUT2D eigenvalue weighted by molar-refractivity contribution is 6.28. The summed E-state index contributed by atoms with van der Waals surface area (Å²) in [5, 5.41) is 4.23. The quantitative estimate of drug-likeness (QED) is 0.397. The number of rotatable bonds is 5. The minimum atomic E-state index is -0.373. The van der Waals surface area contributed by atoms with Gasteiger partial charge in [0, 0.05) is 0 Å². The second-order valence-electron chi connectivity index (χ2n) is 4.53. The lowest BCUT2D eigenvalue weighted by Crippen LogP contribution is -2.12. The highest BCUT2D eigenvalue weighted by atomic mass is 35.5. The van der Waals surface area contributed by atoms with E-state index in [1.54, 1.807) is 23.7 Å². The number of alkyl halides is 1. The molecule has 0 radical (unpaired) electrons. The van der Waals surface area contributed by atoms with Gasteiger partial charge in [0.15, 0.2) is 0 Å². The third-order valence-corrected chi connectivity index (χ3v) is 3.28. The van der Waals surface area contributed by atoms with Gasteiger partial charge in [0.2, 0.25) is 0 Å². The Morgan fingerprint density at radius 1 is 1.41 bits per heavy atom. The summed E-state index contributed by atoms with van der Waals surface area (Å²) in [6.07, 6.45) is 1.50. The van der Waals surface area contributed by atoms with Crippen LogP contribution in [0.4, 0.5) is 5.69 Å². The van der Waals surface area contributed by atoms with Crippen molar-refractivity contribution in [2.45, 2.75) is 13.8 Å². The van der Waals surface area contributed by atoms with Gasteiger partial charge in [-0.1, -0.05) is 0 Å². The molecule has 1 aromatic heterocycles. The van der Waals surface area contributed by atoms with Crippen molar-refractivity contribution in [3.8, 4) is 5.69 Å². The van der Waals surface area contributed by atoms with Gasteiger partial charge < -0.3 is 10.5 Å². The molecule has 0 aliphatic carbocycles. The predicted molar refractivity (Wildman–Crippen MR) is 86.3 cm³/mol. The van der Waals surface area contributed by atoms with E-state index < -0.39 is 0 Å². The molecule has 0 spiro atoms. The van der Waals surface area contributed by atoms with E-state index in [9.17, 15) is 4.79 Å². The van der Waals surface area contributed by atoms with Gasteiger partial charge in [0.05, 0.1) is 35.8 Å². The van der Waals surface area contributed by atoms with E-state index in [2.05, 4.69) is 10.1 Å². The molecule has 0 atom stereocenters. The Balaban J connectivity index is 2.28. The Kier molecular flexibility index (Phi) is 5.16. The molecule has 1 aromatic carbocycles. The van der Waals surface area contributed by atoms with Crippen molar-refractivity contribution in [1.82, 2.24) is 9.78 Å². The fourth-order valence-corrected chi connectivity index (χ4v) is 2.00. The smallest absolute Gasteiger partial charge is 0.341 e. The minimum Gasteiger partial charge on any atom is -0.462 e. The molecule has 0 aliphatic rings. The van der Waals surface area contributed by atoms with Crippen molar-refractivity contribution in [3.05, 3.63) is 41.7 Å². The maximum atomic E-state index is 11.8. The predicted octanol–water partition coefficient (Wildman–Crippen LogP) is 2.58. The van der Waals surface area contributed by atoms with E-state index in [4.69, 9.17) is 22.1 Å². The molecule has 0 amide bonds. The third-order valence-electron chi connectivity index (χ3n) is 3.01. The normalized spacial score (nSPS) is 11.5. The lowest BCUT2D eigenvalue weighted by atomic mass is 10.2. The zero-order chi connectivity index (χ0) is 16.1. The maximum Gasteiger partial charge on any atom is 0.341 e. The summed E-state index contributed by atoms with van der Waals surface area (Å²) in [6.45, 7) is 3.92. The fraction of sp³-hybridized carbons (Fsp3) is 0.267. The number of esters is 1. The molecule has 6 nitrogen and oxygen atoms in total.